The monoisotopic (exact) mass is 257 g/mol. The lowest BCUT2D eigenvalue weighted by Crippen LogP contribution is -2.23. The van der Waals surface area contributed by atoms with Gasteiger partial charge in [0.05, 0.1) is 6.20 Å². The van der Waals surface area contributed by atoms with Gasteiger partial charge in [-0.25, -0.2) is 0 Å². The van der Waals surface area contributed by atoms with Crippen LogP contribution in [-0.4, -0.2) is 11.1 Å². The second-order valence-corrected chi connectivity index (χ2v) is 4.73. The largest absolute Gasteiger partial charge is 0.351 e. The fourth-order valence-corrected chi connectivity index (χ4v) is 2.23. The molecule has 0 saturated carbocycles. The molecule has 0 bridgehead atoms. The second-order valence-electron chi connectivity index (χ2n) is 4.73. The number of carbonyl (C=O) groups excluding carboxylic acids is 1. The van der Waals surface area contributed by atoms with Crippen LogP contribution in [0.5, 0.6) is 0 Å². The van der Waals surface area contributed by atoms with Gasteiger partial charge in [0, 0.05) is 25.2 Å². The molecule has 0 radical (unpaired) electrons. The Morgan fingerprint density at radius 3 is 3.05 bits per heavy atom. The van der Waals surface area contributed by atoms with Gasteiger partial charge in [-0.2, -0.15) is 0 Å². The molecular weight excluding hydrogens is 242 g/mol. The normalized spacial score (nSPS) is 13.3. The van der Waals surface area contributed by atoms with E-state index in [1.807, 2.05) is 6.07 Å². The molecule has 19 heavy (non-hydrogen) atoms. The average Bonchev–Trinajstić information content (AvgIpc) is 3.03. The number of carbonyl (C=O) groups is 1. The van der Waals surface area contributed by atoms with Gasteiger partial charge < -0.3 is 15.2 Å². The topological polar surface area (TPSA) is 67.2 Å². The Kier molecular flexibility index (Phi) is 3.05. The molecule has 3 rings (SSSR count). The van der Waals surface area contributed by atoms with Crippen LogP contribution in [0.25, 0.3) is 0 Å². The molecule has 5 heteroatoms. The van der Waals surface area contributed by atoms with E-state index in [1.165, 1.54) is 17.3 Å². The first-order chi connectivity index (χ1) is 9.24. The number of nitrogens with one attached hydrogen (secondary N) is 2. The Labute approximate surface area is 111 Å². The number of aryl methyl sites for hydroxylation is 1. The van der Waals surface area contributed by atoms with Crippen molar-refractivity contribution in [3.05, 3.63) is 52.4 Å². The summed E-state index contributed by atoms with van der Waals surface area (Å²) in [5.41, 5.74) is 4.48. The lowest BCUT2D eigenvalue weighted by Gasteiger charge is -2.06. The lowest BCUT2D eigenvalue weighted by atomic mass is 10.1. The zero-order valence-electron chi connectivity index (χ0n) is 10.7. The smallest absolute Gasteiger partial charge is 0.290 e. The van der Waals surface area contributed by atoms with Crippen molar-refractivity contribution in [1.82, 2.24) is 15.8 Å². The van der Waals surface area contributed by atoms with Crippen molar-refractivity contribution < 1.29 is 9.32 Å². The molecule has 0 spiro atoms. The van der Waals surface area contributed by atoms with Gasteiger partial charge in [-0.15, -0.1) is 0 Å². The summed E-state index contributed by atoms with van der Waals surface area (Å²) in [5, 5.41) is 9.74. The predicted octanol–water partition coefficient (Wildman–Crippen LogP) is 1.52. The third-order valence-electron chi connectivity index (χ3n) is 3.31. The molecule has 1 amide bonds. The van der Waals surface area contributed by atoms with Gasteiger partial charge in [0.15, 0.2) is 0 Å². The van der Waals surface area contributed by atoms with Crippen LogP contribution in [0, 0.1) is 6.92 Å². The SMILES string of the molecule is Cc1cnoc1C(=O)NCc1ccc2c(c1)CNC2. The summed E-state index contributed by atoms with van der Waals surface area (Å²) in [6.45, 7) is 4.12. The minimum Gasteiger partial charge on any atom is -0.351 e. The lowest BCUT2D eigenvalue weighted by molar-refractivity contribution is 0.0913. The van der Waals surface area contributed by atoms with E-state index in [4.69, 9.17) is 4.52 Å². The molecule has 2 aromatic rings. The molecule has 0 atom stereocenters. The standard InChI is InChI=1S/C14H15N3O2/c1-9-5-17-19-13(9)14(18)16-6-10-2-3-11-7-15-8-12(11)4-10/h2-5,15H,6-8H2,1H3,(H,16,18). The van der Waals surface area contributed by atoms with Crippen LogP contribution in [0.2, 0.25) is 0 Å². The predicted molar refractivity (Wildman–Crippen MR) is 69.4 cm³/mol. The molecule has 0 fully saturated rings. The number of amides is 1. The van der Waals surface area contributed by atoms with Crippen LogP contribution in [0.15, 0.2) is 28.9 Å². The van der Waals surface area contributed by atoms with Gasteiger partial charge in [-0.05, 0) is 23.6 Å². The summed E-state index contributed by atoms with van der Waals surface area (Å²) in [7, 11) is 0. The summed E-state index contributed by atoms with van der Waals surface area (Å²) < 4.78 is 4.92. The first-order valence-electron chi connectivity index (χ1n) is 6.25. The third kappa shape index (κ3) is 2.37. The van der Waals surface area contributed by atoms with Gasteiger partial charge in [0.1, 0.15) is 0 Å². The third-order valence-corrected chi connectivity index (χ3v) is 3.31. The number of rotatable bonds is 3. The maximum Gasteiger partial charge on any atom is 0.290 e. The molecule has 2 N–H and O–H groups in total. The quantitative estimate of drug-likeness (QED) is 0.874. The van der Waals surface area contributed by atoms with E-state index in [0.717, 1.165) is 24.2 Å². The highest BCUT2D eigenvalue weighted by Gasteiger charge is 2.14. The highest BCUT2D eigenvalue weighted by atomic mass is 16.5. The van der Waals surface area contributed by atoms with Crippen molar-refractivity contribution in [2.24, 2.45) is 0 Å². The number of benzene rings is 1. The highest BCUT2D eigenvalue weighted by Crippen LogP contribution is 2.17. The molecule has 98 valence electrons. The van der Waals surface area contributed by atoms with E-state index >= 15 is 0 Å². The first-order valence-corrected chi connectivity index (χ1v) is 6.25. The minimum absolute atomic E-state index is 0.228. The van der Waals surface area contributed by atoms with E-state index in [2.05, 4.69) is 27.9 Å². The van der Waals surface area contributed by atoms with Crippen molar-refractivity contribution in [3.8, 4) is 0 Å². The summed E-state index contributed by atoms with van der Waals surface area (Å²) >= 11 is 0. The Morgan fingerprint density at radius 1 is 1.42 bits per heavy atom. The van der Waals surface area contributed by atoms with Crippen molar-refractivity contribution >= 4 is 5.91 Å². The fraction of sp³-hybridized carbons (Fsp3) is 0.286. The van der Waals surface area contributed by atoms with Gasteiger partial charge in [0.25, 0.3) is 5.91 Å². The van der Waals surface area contributed by atoms with E-state index in [0.29, 0.717) is 6.54 Å². The van der Waals surface area contributed by atoms with E-state index in [-0.39, 0.29) is 11.7 Å². The van der Waals surface area contributed by atoms with Gasteiger partial charge in [0.2, 0.25) is 5.76 Å². The Bertz CT molecular complexity index is 619. The molecule has 1 aromatic heterocycles. The van der Waals surface area contributed by atoms with Crippen molar-refractivity contribution in [2.45, 2.75) is 26.6 Å². The second kappa shape index (κ2) is 4.85. The minimum atomic E-state index is -0.228. The number of fused-ring (bicyclic) bond motifs is 1. The summed E-state index contributed by atoms with van der Waals surface area (Å²) in [4.78, 5) is 11.9. The molecule has 1 aromatic carbocycles. The Hall–Kier alpha value is -2.14. The van der Waals surface area contributed by atoms with Crippen molar-refractivity contribution in [2.75, 3.05) is 0 Å². The number of hydrogen-bond acceptors (Lipinski definition) is 4. The van der Waals surface area contributed by atoms with Crippen LogP contribution in [0.1, 0.15) is 32.8 Å². The molecule has 0 unspecified atom stereocenters. The number of aromatic nitrogens is 1. The maximum absolute atomic E-state index is 11.9. The maximum atomic E-state index is 11.9. The van der Waals surface area contributed by atoms with Crippen LogP contribution in [0.3, 0.4) is 0 Å². The van der Waals surface area contributed by atoms with Gasteiger partial charge in [-0.1, -0.05) is 23.4 Å². The molecule has 1 aliphatic heterocycles. The van der Waals surface area contributed by atoms with E-state index in [1.54, 1.807) is 6.92 Å². The molecule has 5 nitrogen and oxygen atoms in total. The molecule has 1 aliphatic rings. The van der Waals surface area contributed by atoms with E-state index < -0.39 is 0 Å². The van der Waals surface area contributed by atoms with Crippen molar-refractivity contribution in [1.29, 1.82) is 0 Å². The Morgan fingerprint density at radius 2 is 2.26 bits per heavy atom. The molecule has 2 heterocycles. The zero-order valence-corrected chi connectivity index (χ0v) is 10.7. The van der Waals surface area contributed by atoms with Crippen LogP contribution in [-0.2, 0) is 19.6 Å². The van der Waals surface area contributed by atoms with Crippen LogP contribution in [0.4, 0.5) is 0 Å². The van der Waals surface area contributed by atoms with Crippen LogP contribution >= 0.6 is 0 Å². The summed E-state index contributed by atoms with van der Waals surface area (Å²) in [6, 6.07) is 6.28. The Balaban J connectivity index is 1.66. The summed E-state index contributed by atoms with van der Waals surface area (Å²) in [5.74, 6) is 0.0523. The van der Waals surface area contributed by atoms with Gasteiger partial charge >= 0.3 is 0 Å². The highest BCUT2D eigenvalue weighted by molar-refractivity contribution is 5.92. The average molecular weight is 257 g/mol. The number of hydrogen-bond donors (Lipinski definition) is 2. The molecular formula is C14H15N3O2. The van der Waals surface area contributed by atoms with E-state index in [9.17, 15) is 4.79 Å². The van der Waals surface area contributed by atoms with Crippen molar-refractivity contribution in [3.63, 3.8) is 0 Å². The number of nitrogens with zero attached hydrogens (tertiary/aromatic N) is 1. The van der Waals surface area contributed by atoms with Crippen LogP contribution < -0.4 is 10.6 Å². The first kappa shape index (κ1) is 11.9. The summed E-state index contributed by atoms with van der Waals surface area (Å²) in [6.07, 6.45) is 1.54. The van der Waals surface area contributed by atoms with Gasteiger partial charge in [-0.3, -0.25) is 4.79 Å². The zero-order chi connectivity index (χ0) is 13.2. The molecule has 0 aliphatic carbocycles. The molecule has 0 saturated heterocycles. The fourth-order valence-electron chi connectivity index (χ4n) is 2.23.